The second kappa shape index (κ2) is 6.77. The number of rotatable bonds is 5. The summed E-state index contributed by atoms with van der Waals surface area (Å²) in [5, 5.41) is 3.07. The van der Waals surface area contributed by atoms with E-state index in [1.54, 1.807) is 17.4 Å². The maximum absolute atomic E-state index is 12.9. The summed E-state index contributed by atoms with van der Waals surface area (Å²) in [5.74, 6) is 0. The fraction of sp³-hybridized carbons (Fsp3) is 0.600. The molecule has 1 aromatic rings. The van der Waals surface area contributed by atoms with E-state index < -0.39 is 10.0 Å². The van der Waals surface area contributed by atoms with Gasteiger partial charge in [0.2, 0.25) is 10.0 Å². The van der Waals surface area contributed by atoms with E-state index in [0.29, 0.717) is 15.9 Å². The van der Waals surface area contributed by atoms with Crippen LogP contribution >= 0.6 is 15.9 Å². The van der Waals surface area contributed by atoms with Gasteiger partial charge in [-0.1, -0.05) is 18.9 Å². The molecule has 0 amide bonds. The van der Waals surface area contributed by atoms with Gasteiger partial charge in [0.25, 0.3) is 0 Å². The molecular weight excluding hydrogens is 352 g/mol. The predicted octanol–water partition coefficient (Wildman–Crippen LogP) is 3.04. The maximum atomic E-state index is 12.9. The molecule has 1 N–H and O–H groups in total. The van der Waals surface area contributed by atoms with E-state index in [9.17, 15) is 8.42 Å². The second-order valence-electron chi connectivity index (χ2n) is 5.71. The predicted molar refractivity (Wildman–Crippen MR) is 88.8 cm³/mol. The van der Waals surface area contributed by atoms with Crippen molar-refractivity contribution in [3.8, 4) is 0 Å². The molecule has 1 aliphatic carbocycles. The molecule has 1 saturated carbocycles. The zero-order valence-electron chi connectivity index (χ0n) is 12.8. The van der Waals surface area contributed by atoms with Crippen LogP contribution in [0.5, 0.6) is 0 Å². The highest BCUT2D eigenvalue weighted by atomic mass is 79.9. The Morgan fingerprint density at radius 2 is 1.95 bits per heavy atom. The van der Waals surface area contributed by atoms with Crippen LogP contribution in [0.4, 0.5) is 0 Å². The largest absolute Gasteiger partial charge is 0.316 e. The average molecular weight is 375 g/mol. The zero-order chi connectivity index (χ0) is 15.6. The Morgan fingerprint density at radius 1 is 1.33 bits per heavy atom. The first kappa shape index (κ1) is 16.9. The molecule has 0 heterocycles. The minimum absolute atomic E-state index is 0.134. The summed E-state index contributed by atoms with van der Waals surface area (Å²) < 4.78 is 28.1. The van der Waals surface area contributed by atoms with Gasteiger partial charge in [-0.15, -0.1) is 0 Å². The summed E-state index contributed by atoms with van der Waals surface area (Å²) in [6, 6.07) is 3.92. The van der Waals surface area contributed by atoms with Gasteiger partial charge in [0.1, 0.15) is 0 Å². The molecule has 0 aromatic heterocycles. The minimum Gasteiger partial charge on any atom is -0.316 e. The smallest absolute Gasteiger partial charge is 0.244 e. The van der Waals surface area contributed by atoms with Crippen LogP contribution in [0, 0.1) is 6.92 Å². The second-order valence-corrected chi connectivity index (χ2v) is 8.47. The molecule has 21 heavy (non-hydrogen) atoms. The van der Waals surface area contributed by atoms with Crippen LogP contribution in [0.25, 0.3) is 0 Å². The van der Waals surface area contributed by atoms with E-state index in [1.807, 2.05) is 20.0 Å². The Hall–Kier alpha value is -0.430. The number of halogens is 1. The topological polar surface area (TPSA) is 49.4 Å². The van der Waals surface area contributed by atoms with E-state index in [1.165, 1.54) is 0 Å². The molecule has 0 radical (unpaired) electrons. The standard InChI is InChI=1S/C15H23BrN2O2S/c1-11-8-12(10-17-2)9-14(15(11)16)21(19,20)18(3)13-6-4-5-7-13/h8-9,13,17H,4-7,10H2,1-3H3. The van der Waals surface area contributed by atoms with Crippen LogP contribution < -0.4 is 5.32 Å². The van der Waals surface area contributed by atoms with Crippen LogP contribution in [0.2, 0.25) is 0 Å². The molecule has 4 nitrogen and oxygen atoms in total. The number of sulfonamides is 1. The molecule has 118 valence electrons. The number of hydrogen-bond donors (Lipinski definition) is 1. The quantitative estimate of drug-likeness (QED) is 0.861. The first-order chi connectivity index (χ1) is 9.87. The third kappa shape index (κ3) is 3.50. The number of nitrogens with one attached hydrogen (secondary N) is 1. The summed E-state index contributed by atoms with van der Waals surface area (Å²) in [5.41, 5.74) is 1.93. The molecule has 1 aliphatic rings. The van der Waals surface area contributed by atoms with Gasteiger partial charge in [-0.05, 0) is 59.9 Å². The lowest BCUT2D eigenvalue weighted by Gasteiger charge is -2.25. The Labute approximate surface area is 136 Å². The van der Waals surface area contributed by atoms with Gasteiger partial charge in [0, 0.05) is 24.1 Å². The molecule has 2 rings (SSSR count). The van der Waals surface area contributed by atoms with Crippen LogP contribution in [-0.2, 0) is 16.6 Å². The van der Waals surface area contributed by atoms with Crippen LogP contribution in [0.15, 0.2) is 21.5 Å². The van der Waals surface area contributed by atoms with Crippen molar-refractivity contribution in [1.82, 2.24) is 9.62 Å². The molecular formula is C15H23BrN2O2S. The third-order valence-electron chi connectivity index (χ3n) is 4.16. The molecule has 0 spiro atoms. The van der Waals surface area contributed by atoms with E-state index in [4.69, 9.17) is 0 Å². The SMILES string of the molecule is CNCc1cc(C)c(Br)c(S(=O)(=O)N(C)C2CCCC2)c1. The van der Waals surface area contributed by atoms with Crippen LogP contribution in [-0.4, -0.2) is 32.9 Å². The monoisotopic (exact) mass is 374 g/mol. The maximum Gasteiger partial charge on any atom is 0.244 e. The molecule has 1 aromatic carbocycles. The van der Waals surface area contributed by atoms with E-state index in [0.717, 1.165) is 36.8 Å². The van der Waals surface area contributed by atoms with Gasteiger partial charge in [-0.2, -0.15) is 4.31 Å². The van der Waals surface area contributed by atoms with Crippen molar-refractivity contribution < 1.29 is 8.42 Å². The molecule has 0 unspecified atom stereocenters. The molecule has 0 aliphatic heterocycles. The molecule has 0 atom stereocenters. The third-order valence-corrected chi connectivity index (χ3v) is 7.41. The highest BCUT2D eigenvalue weighted by Gasteiger charge is 2.31. The summed E-state index contributed by atoms with van der Waals surface area (Å²) in [4.78, 5) is 0.377. The van der Waals surface area contributed by atoms with Crippen molar-refractivity contribution in [3.63, 3.8) is 0 Å². The van der Waals surface area contributed by atoms with Crippen molar-refractivity contribution in [2.45, 2.75) is 50.1 Å². The fourth-order valence-electron chi connectivity index (χ4n) is 2.92. The molecule has 0 bridgehead atoms. The number of hydrogen-bond acceptors (Lipinski definition) is 3. The van der Waals surface area contributed by atoms with Crippen molar-refractivity contribution >= 4 is 26.0 Å². The highest BCUT2D eigenvalue weighted by molar-refractivity contribution is 9.10. The number of aryl methyl sites for hydroxylation is 1. The van der Waals surface area contributed by atoms with Gasteiger partial charge in [-0.25, -0.2) is 8.42 Å². The van der Waals surface area contributed by atoms with Crippen molar-refractivity contribution in [2.24, 2.45) is 0 Å². The first-order valence-electron chi connectivity index (χ1n) is 7.29. The van der Waals surface area contributed by atoms with Crippen LogP contribution in [0.3, 0.4) is 0 Å². The number of benzene rings is 1. The Balaban J connectivity index is 2.43. The van der Waals surface area contributed by atoms with Crippen molar-refractivity contribution in [1.29, 1.82) is 0 Å². The van der Waals surface area contributed by atoms with E-state index in [2.05, 4.69) is 21.2 Å². The van der Waals surface area contributed by atoms with Crippen molar-refractivity contribution in [3.05, 3.63) is 27.7 Å². The molecule has 0 saturated heterocycles. The fourth-order valence-corrected chi connectivity index (χ4v) is 5.37. The first-order valence-corrected chi connectivity index (χ1v) is 9.53. The molecule has 1 fully saturated rings. The summed E-state index contributed by atoms with van der Waals surface area (Å²) in [7, 11) is 0.106. The van der Waals surface area contributed by atoms with Crippen molar-refractivity contribution in [2.75, 3.05) is 14.1 Å². The lowest BCUT2D eigenvalue weighted by atomic mass is 10.1. The highest BCUT2D eigenvalue weighted by Crippen LogP contribution is 2.32. The summed E-state index contributed by atoms with van der Waals surface area (Å²) >= 11 is 3.45. The Kier molecular flexibility index (Phi) is 5.46. The molecule has 6 heteroatoms. The summed E-state index contributed by atoms with van der Waals surface area (Å²) in [6.45, 7) is 2.58. The minimum atomic E-state index is -3.46. The zero-order valence-corrected chi connectivity index (χ0v) is 15.2. The van der Waals surface area contributed by atoms with E-state index >= 15 is 0 Å². The van der Waals surface area contributed by atoms with Gasteiger partial charge in [0.05, 0.1) is 4.90 Å². The average Bonchev–Trinajstić information content (AvgIpc) is 2.95. The lowest BCUT2D eigenvalue weighted by molar-refractivity contribution is 0.372. The van der Waals surface area contributed by atoms with Crippen LogP contribution in [0.1, 0.15) is 36.8 Å². The van der Waals surface area contributed by atoms with Gasteiger partial charge in [-0.3, -0.25) is 0 Å². The lowest BCUT2D eigenvalue weighted by Crippen LogP contribution is -2.35. The summed E-state index contributed by atoms with van der Waals surface area (Å²) in [6.07, 6.45) is 4.15. The van der Waals surface area contributed by atoms with Gasteiger partial charge in [0.15, 0.2) is 0 Å². The Bertz CT molecular complexity index is 610. The van der Waals surface area contributed by atoms with E-state index in [-0.39, 0.29) is 6.04 Å². The van der Waals surface area contributed by atoms with Gasteiger partial charge < -0.3 is 5.32 Å². The van der Waals surface area contributed by atoms with Gasteiger partial charge >= 0.3 is 0 Å². The number of nitrogens with zero attached hydrogens (tertiary/aromatic N) is 1. The normalized spacial score (nSPS) is 16.8. The Morgan fingerprint density at radius 3 is 2.52 bits per heavy atom.